The fourth-order valence-corrected chi connectivity index (χ4v) is 4.31. The second kappa shape index (κ2) is 8.66. The van der Waals surface area contributed by atoms with Crippen molar-refractivity contribution in [2.24, 2.45) is 0 Å². The summed E-state index contributed by atoms with van der Waals surface area (Å²) in [6.45, 7) is 2.40. The first kappa shape index (κ1) is 21.9. The number of likely N-dealkylation sites (N-methyl/N-ethyl adjacent to an activating group) is 1. The van der Waals surface area contributed by atoms with Crippen molar-refractivity contribution in [1.82, 2.24) is 24.4 Å². The van der Waals surface area contributed by atoms with Gasteiger partial charge in [0.1, 0.15) is 18.4 Å². The van der Waals surface area contributed by atoms with Crippen LogP contribution in [0.5, 0.6) is 0 Å². The van der Waals surface area contributed by atoms with Crippen LogP contribution >= 0.6 is 0 Å². The third kappa shape index (κ3) is 3.95. The molecule has 1 fully saturated rings. The molecule has 8 nitrogen and oxygen atoms in total. The van der Waals surface area contributed by atoms with E-state index in [9.17, 15) is 14.0 Å². The molecule has 3 heterocycles. The van der Waals surface area contributed by atoms with Crippen molar-refractivity contribution in [3.05, 3.63) is 54.0 Å². The lowest BCUT2D eigenvalue weighted by atomic mass is 9.88. The van der Waals surface area contributed by atoms with Gasteiger partial charge in [-0.2, -0.15) is 5.10 Å². The van der Waals surface area contributed by atoms with Gasteiger partial charge in [-0.3, -0.25) is 9.59 Å². The zero-order valence-corrected chi connectivity index (χ0v) is 18.5. The standard InChI is InChI=1S/C23H27FN6O2/c1-14-18(8-9-19-26-13-27-30(14)19)15-4-6-16(7-5-15)20(22(31)28(2)3)21(25)23(32)29-11-10-17(24)12-29/h4-9,13,17,20-21H,10-12,25H2,1-3H3/p+1/t17-,20-,21-/m0/s1. The Morgan fingerprint density at radius 3 is 2.53 bits per heavy atom. The molecule has 1 aliphatic heterocycles. The molecule has 0 saturated carbocycles. The Bertz CT molecular complexity index is 1140. The molecule has 3 N–H and O–H groups in total. The largest absolute Gasteiger partial charge is 0.348 e. The van der Waals surface area contributed by atoms with E-state index in [1.54, 1.807) is 18.6 Å². The number of pyridine rings is 1. The van der Waals surface area contributed by atoms with Gasteiger partial charge in [0.05, 0.1) is 6.54 Å². The minimum absolute atomic E-state index is 0.0662. The summed E-state index contributed by atoms with van der Waals surface area (Å²) in [5.74, 6) is -1.24. The number of fused-ring (bicyclic) bond motifs is 1. The third-order valence-corrected chi connectivity index (χ3v) is 6.13. The molecular weight excluding hydrogens is 411 g/mol. The number of amides is 2. The van der Waals surface area contributed by atoms with Crippen LogP contribution in [0.1, 0.15) is 23.6 Å². The van der Waals surface area contributed by atoms with Crippen molar-refractivity contribution in [1.29, 1.82) is 0 Å². The second-order valence-electron chi connectivity index (χ2n) is 8.47. The van der Waals surface area contributed by atoms with Gasteiger partial charge in [-0.25, -0.2) is 13.9 Å². The Balaban J connectivity index is 1.65. The van der Waals surface area contributed by atoms with Gasteiger partial charge >= 0.3 is 0 Å². The number of hydrogen-bond acceptors (Lipinski definition) is 4. The van der Waals surface area contributed by atoms with Gasteiger partial charge in [-0.15, -0.1) is 0 Å². The molecule has 4 rings (SSSR count). The third-order valence-electron chi connectivity index (χ3n) is 6.13. The number of nitrogens with zero attached hydrogens (tertiary/aromatic N) is 5. The highest BCUT2D eigenvalue weighted by Gasteiger charge is 2.40. The summed E-state index contributed by atoms with van der Waals surface area (Å²) >= 11 is 0. The Kier molecular flexibility index (Phi) is 5.92. The molecule has 2 aromatic heterocycles. The Labute approximate surface area is 185 Å². The zero-order chi connectivity index (χ0) is 23.0. The van der Waals surface area contributed by atoms with Crippen LogP contribution in [-0.4, -0.2) is 75.6 Å². The van der Waals surface area contributed by atoms with Crippen LogP contribution in [-0.2, 0) is 9.59 Å². The lowest BCUT2D eigenvalue weighted by Gasteiger charge is -2.26. The summed E-state index contributed by atoms with van der Waals surface area (Å²) in [6.07, 6.45) is 0.831. The highest BCUT2D eigenvalue weighted by Crippen LogP contribution is 2.28. The topological polar surface area (TPSA) is 98.5 Å². The number of aromatic nitrogens is 3. The fourth-order valence-electron chi connectivity index (χ4n) is 4.31. The zero-order valence-electron chi connectivity index (χ0n) is 18.5. The van der Waals surface area contributed by atoms with Crippen molar-refractivity contribution in [3.8, 4) is 11.1 Å². The smallest absolute Gasteiger partial charge is 0.282 e. The van der Waals surface area contributed by atoms with Crippen molar-refractivity contribution in [2.75, 3.05) is 27.2 Å². The predicted octanol–water partition coefficient (Wildman–Crippen LogP) is 1.06. The van der Waals surface area contributed by atoms with Crippen LogP contribution in [0.3, 0.4) is 0 Å². The quantitative estimate of drug-likeness (QED) is 0.643. The average molecular weight is 440 g/mol. The first-order valence-corrected chi connectivity index (χ1v) is 10.6. The molecular formula is C23H28FN6O2+. The number of aryl methyl sites for hydroxylation is 1. The van der Waals surface area contributed by atoms with Crippen LogP contribution in [0.15, 0.2) is 42.7 Å². The summed E-state index contributed by atoms with van der Waals surface area (Å²) in [5.41, 5.74) is 8.42. The average Bonchev–Trinajstić information content (AvgIpc) is 3.43. The first-order chi connectivity index (χ1) is 15.3. The maximum atomic E-state index is 13.6. The van der Waals surface area contributed by atoms with E-state index in [4.69, 9.17) is 0 Å². The number of rotatable bonds is 5. The number of likely N-dealkylation sites (tertiary alicyclic amines) is 1. The number of carbonyl (C=O) groups excluding carboxylic acids is 2. The van der Waals surface area contributed by atoms with Crippen LogP contribution in [0, 0.1) is 6.92 Å². The van der Waals surface area contributed by atoms with Gasteiger partial charge in [-0.05, 0) is 36.6 Å². The summed E-state index contributed by atoms with van der Waals surface area (Å²) in [7, 11) is 3.32. The molecule has 0 bridgehead atoms. The molecule has 0 radical (unpaired) electrons. The van der Waals surface area contributed by atoms with Crippen LogP contribution in [0.25, 0.3) is 16.8 Å². The maximum Gasteiger partial charge on any atom is 0.282 e. The summed E-state index contributed by atoms with van der Waals surface area (Å²) in [6, 6.07) is 10.6. The molecule has 0 spiro atoms. The molecule has 3 aromatic rings. The lowest BCUT2D eigenvalue weighted by Crippen LogP contribution is -2.71. The lowest BCUT2D eigenvalue weighted by molar-refractivity contribution is -0.409. The maximum absolute atomic E-state index is 13.6. The van der Waals surface area contributed by atoms with E-state index in [1.165, 1.54) is 16.1 Å². The molecule has 1 saturated heterocycles. The predicted molar refractivity (Wildman–Crippen MR) is 117 cm³/mol. The molecule has 1 aliphatic rings. The highest BCUT2D eigenvalue weighted by molar-refractivity contribution is 5.92. The van der Waals surface area contributed by atoms with Crippen molar-refractivity contribution in [2.45, 2.75) is 31.5 Å². The molecule has 32 heavy (non-hydrogen) atoms. The number of alkyl halides is 1. The van der Waals surface area contributed by atoms with E-state index in [-0.39, 0.29) is 18.4 Å². The van der Waals surface area contributed by atoms with Gasteiger partial charge in [0.2, 0.25) is 5.91 Å². The fraction of sp³-hybridized carbons (Fsp3) is 0.391. The molecule has 1 aromatic carbocycles. The van der Waals surface area contributed by atoms with E-state index in [0.717, 1.165) is 22.5 Å². The highest BCUT2D eigenvalue weighted by atomic mass is 19.1. The van der Waals surface area contributed by atoms with Gasteiger partial charge in [0, 0.05) is 31.9 Å². The molecule has 0 unspecified atom stereocenters. The Morgan fingerprint density at radius 2 is 1.91 bits per heavy atom. The minimum atomic E-state index is -1.01. The van der Waals surface area contributed by atoms with Gasteiger partial charge < -0.3 is 15.5 Å². The summed E-state index contributed by atoms with van der Waals surface area (Å²) in [5, 5.41) is 4.26. The summed E-state index contributed by atoms with van der Waals surface area (Å²) in [4.78, 5) is 33.1. The normalized spacial score (nSPS) is 18.0. The number of halogens is 1. The molecule has 168 valence electrons. The second-order valence-corrected chi connectivity index (χ2v) is 8.47. The van der Waals surface area contributed by atoms with Gasteiger partial charge in [0.15, 0.2) is 11.7 Å². The van der Waals surface area contributed by atoms with Gasteiger partial charge in [0.25, 0.3) is 5.91 Å². The molecule has 2 amide bonds. The molecule has 3 atom stereocenters. The number of benzene rings is 1. The van der Waals surface area contributed by atoms with Crippen molar-refractivity contribution < 1.29 is 19.7 Å². The number of hydrogen-bond donors (Lipinski definition) is 1. The van der Waals surface area contributed by atoms with Crippen LogP contribution in [0.4, 0.5) is 4.39 Å². The number of quaternary nitrogens is 1. The van der Waals surface area contributed by atoms with Crippen molar-refractivity contribution in [3.63, 3.8) is 0 Å². The Hall–Kier alpha value is -3.33. The minimum Gasteiger partial charge on any atom is -0.348 e. The van der Waals surface area contributed by atoms with Crippen molar-refractivity contribution >= 4 is 17.5 Å². The Morgan fingerprint density at radius 1 is 1.19 bits per heavy atom. The van der Waals surface area contributed by atoms with E-state index < -0.39 is 18.1 Å². The SMILES string of the molecule is Cc1c(-c2ccc([C@H](C(=O)N(C)C)[C@H]([NH3+])C(=O)N3CC[C@H](F)C3)cc2)ccc2ncnn12. The first-order valence-electron chi connectivity index (χ1n) is 10.6. The summed E-state index contributed by atoms with van der Waals surface area (Å²) < 4.78 is 15.4. The molecule has 0 aliphatic carbocycles. The van der Waals surface area contributed by atoms with Crippen LogP contribution in [0.2, 0.25) is 0 Å². The number of carbonyl (C=O) groups is 2. The van der Waals surface area contributed by atoms with Gasteiger partial charge in [-0.1, -0.05) is 24.3 Å². The molecule has 9 heteroatoms. The van der Waals surface area contributed by atoms with E-state index >= 15 is 0 Å². The van der Waals surface area contributed by atoms with Crippen LogP contribution < -0.4 is 5.73 Å². The van der Waals surface area contributed by atoms with E-state index in [1.807, 2.05) is 43.3 Å². The van der Waals surface area contributed by atoms with E-state index in [0.29, 0.717) is 18.5 Å². The monoisotopic (exact) mass is 439 g/mol. The van der Waals surface area contributed by atoms with E-state index in [2.05, 4.69) is 15.8 Å².